The molecule has 9 heteroatoms. The number of fused-ring (bicyclic) bond motifs is 1. The monoisotopic (exact) mass is 525 g/mol. The number of guanidine groups is 1. The van der Waals surface area contributed by atoms with Crippen LogP contribution in [0, 0.1) is 0 Å². The third-order valence-electron chi connectivity index (χ3n) is 5.09. The SMILES string of the molecule is CN=C(NCCCc1nnc2ccccn12)N1CCN(Cc2cccs2)CC1.I. The highest BCUT2D eigenvalue weighted by atomic mass is 127. The molecule has 3 aromatic heterocycles. The zero-order valence-electron chi connectivity index (χ0n) is 16.7. The van der Waals surface area contributed by atoms with Gasteiger partial charge in [-0.1, -0.05) is 12.1 Å². The lowest BCUT2D eigenvalue weighted by Crippen LogP contribution is -2.52. The van der Waals surface area contributed by atoms with Crippen LogP contribution in [0.5, 0.6) is 0 Å². The lowest BCUT2D eigenvalue weighted by molar-refractivity contribution is 0.174. The van der Waals surface area contributed by atoms with Gasteiger partial charge in [0.05, 0.1) is 0 Å². The first-order chi connectivity index (χ1) is 13.8. The van der Waals surface area contributed by atoms with Gasteiger partial charge in [0.25, 0.3) is 0 Å². The molecule has 4 heterocycles. The molecule has 0 radical (unpaired) electrons. The summed E-state index contributed by atoms with van der Waals surface area (Å²) in [5.74, 6) is 2.01. The third-order valence-corrected chi connectivity index (χ3v) is 5.95. The van der Waals surface area contributed by atoms with Crippen LogP contribution in [-0.4, -0.2) is 70.1 Å². The number of aryl methyl sites for hydroxylation is 1. The molecular weight excluding hydrogens is 497 g/mol. The van der Waals surface area contributed by atoms with Gasteiger partial charge in [0.1, 0.15) is 5.82 Å². The lowest BCUT2D eigenvalue weighted by Gasteiger charge is -2.36. The molecule has 29 heavy (non-hydrogen) atoms. The van der Waals surface area contributed by atoms with Gasteiger partial charge < -0.3 is 10.2 Å². The third kappa shape index (κ3) is 5.67. The molecular formula is C20H28IN7S. The zero-order chi connectivity index (χ0) is 19.2. The van der Waals surface area contributed by atoms with Crippen LogP contribution in [0.3, 0.4) is 0 Å². The number of aliphatic imine (C=N–C) groups is 1. The quantitative estimate of drug-likeness (QED) is 0.232. The molecule has 1 saturated heterocycles. The molecule has 0 amide bonds. The number of rotatable bonds is 6. The number of nitrogens with one attached hydrogen (secondary N) is 1. The summed E-state index contributed by atoms with van der Waals surface area (Å²) in [6.07, 6.45) is 3.91. The maximum Gasteiger partial charge on any atom is 0.193 e. The van der Waals surface area contributed by atoms with Crippen molar-refractivity contribution in [2.45, 2.75) is 19.4 Å². The van der Waals surface area contributed by atoms with E-state index >= 15 is 0 Å². The van der Waals surface area contributed by atoms with Crippen molar-refractivity contribution in [1.29, 1.82) is 0 Å². The molecule has 3 aromatic rings. The van der Waals surface area contributed by atoms with E-state index in [1.54, 1.807) is 0 Å². The largest absolute Gasteiger partial charge is 0.356 e. The van der Waals surface area contributed by atoms with Gasteiger partial charge in [0.15, 0.2) is 11.6 Å². The van der Waals surface area contributed by atoms with Crippen molar-refractivity contribution < 1.29 is 0 Å². The van der Waals surface area contributed by atoms with Gasteiger partial charge >= 0.3 is 0 Å². The summed E-state index contributed by atoms with van der Waals surface area (Å²) in [6, 6.07) is 10.3. The van der Waals surface area contributed by atoms with E-state index < -0.39 is 0 Å². The van der Waals surface area contributed by atoms with Crippen molar-refractivity contribution in [3.8, 4) is 0 Å². The van der Waals surface area contributed by atoms with Gasteiger partial charge in [-0.2, -0.15) is 0 Å². The molecule has 0 atom stereocenters. The van der Waals surface area contributed by atoms with Crippen LogP contribution in [0.15, 0.2) is 46.9 Å². The molecule has 0 aliphatic carbocycles. The first-order valence-electron chi connectivity index (χ1n) is 9.82. The molecule has 0 bridgehead atoms. The molecule has 1 aliphatic heterocycles. The van der Waals surface area contributed by atoms with E-state index in [0.29, 0.717) is 0 Å². The number of piperazine rings is 1. The van der Waals surface area contributed by atoms with Crippen molar-refractivity contribution in [2.75, 3.05) is 39.8 Å². The molecule has 156 valence electrons. The standard InChI is InChI=1S/C20H27N7S.HI/c1-21-20(26-13-11-25(12-14-26)16-17-6-5-15-28-17)22-9-4-8-19-24-23-18-7-2-3-10-27(18)19;/h2-3,5-7,10,15H,4,8-9,11-14,16H2,1H3,(H,21,22);1H. The molecule has 0 unspecified atom stereocenters. The van der Waals surface area contributed by atoms with Gasteiger partial charge in [0.2, 0.25) is 0 Å². The fraction of sp³-hybridized carbons (Fsp3) is 0.450. The van der Waals surface area contributed by atoms with Gasteiger partial charge in [-0.3, -0.25) is 14.3 Å². The fourth-order valence-electron chi connectivity index (χ4n) is 3.58. The van der Waals surface area contributed by atoms with Crippen LogP contribution in [0.1, 0.15) is 17.1 Å². The van der Waals surface area contributed by atoms with E-state index in [2.05, 4.69) is 52.2 Å². The Morgan fingerprint density at radius 3 is 2.76 bits per heavy atom. The van der Waals surface area contributed by atoms with Crippen molar-refractivity contribution in [3.05, 3.63) is 52.6 Å². The number of halogens is 1. The number of aromatic nitrogens is 3. The van der Waals surface area contributed by atoms with Crippen LogP contribution in [0.25, 0.3) is 5.65 Å². The number of hydrogen-bond donors (Lipinski definition) is 1. The number of hydrogen-bond acceptors (Lipinski definition) is 5. The molecule has 1 N–H and O–H groups in total. The molecule has 0 spiro atoms. The predicted octanol–water partition coefficient (Wildman–Crippen LogP) is 2.73. The Morgan fingerprint density at radius 2 is 2.00 bits per heavy atom. The molecule has 0 saturated carbocycles. The smallest absolute Gasteiger partial charge is 0.193 e. The van der Waals surface area contributed by atoms with Crippen LogP contribution in [-0.2, 0) is 13.0 Å². The van der Waals surface area contributed by atoms with E-state index in [9.17, 15) is 0 Å². The van der Waals surface area contributed by atoms with E-state index in [1.165, 1.54) is 4.88 Å². The first kappa shape index (κ1) is 22.0. The normalized spacial score (nSPS) is 15.5. The van der Waals surface area contributed by atoms with Crippen molar-refractivity contribution >= 4 is 46.9 Å². The highest BCUT2D eigenvalue weighted by molar-refractivity contribution is 14.0. The molecule has 4 rings (SSSR count). The summed E-state index contributed by atoms with van der Waals surface area (Å²) in [5, 5.41) is 14.2. The van der Waals surface area contributed by atoms with Crippen LogP contribution < -0.4 is 5.32 Å². The van der Waals surface area contributed by atoms with Crippen molar-refractivity contribution in [1.82, 2.24) is 29.7 Å². The highest BCUT2D eigenvalue weighted by Crippen LogP contribution is 2.13. The summed E-state index contributed by atoms with van der Waals surface area (Å²) in [5.41, 5.74) is 0.904. The Morgan fingerprint density at radius 1 is 1.14 bits per heavy atom. The minimum absolute atomic E-state index is 0. The van der Waals surface area contributed by atoms with Crippen LogP contribution in [0.4, 0.5) is 0 Å². The van der Waals surface area contributed by atoms with E-state index in [-0.39, 0.29) is 24.0 Å². The second kappa shape index (κ2) is 10.9. The van der Waals surface area contributed by atoms with Gasteiger partial charge in [-0.25, -0.2) is 0 Å². The van der Waals surface area contributed by atoms with Gasteiger partial charge in [0, 0.05) is 63.8 Å². The van der Waals surface area contributed by atoms with E-state index in [4.69, 9.17) is 0 Å². The maximum atomic E-state index is 4.48. The summed E-state index contributed by atoms with van der Waals surface area (Å²) < 4.78 is 2.06. The number of thiophene rings is 1. The number of nitrogens with zero attached hydrogens (tertiary/aromatic N) is 6. The number of pyridine rings is 1. The fourth-order valence-corrected chi connectivity index (χ4v) is 4.33. The summed E-state index contributed by atoms with van der Waals surface area (Å²) in [6.45, 7) is 6.11. The Kier molecular flexibility index (Phi) is 8.25. The molecule has 1 fully saturated rings. The highest BCUT2D eigenvalue weighted by Gasteiger charge is 2.19. The Labute approximate surface area is 192 Å². The Hall–Kier alpha value is -1.72. The van der Waals surface area contributed by atoms with Crippen LogP contribution in [0.2, 0.25) is 0 Å². The summed E-state index contributed by atoms with van der Waals surface area (Å²) in [7, 11) is 1.87. The topological polar surface area (TPSA) is 61.1 Å². The molecule has 0 aromatic carbocycles. The zero-order valence-corrected chi connectivity index (χ0v) is 19.8. The minimum Gasteiger partial charge on any atom is -0.356 e. The average molecular weight is 525 g/mol. The predicted molar refractivity (Wildman–Crippen MR) is 129 cm³/mol. The first-order valence-corrected chi connectivity index (χ1v) is 10.7. The van der Waals surface area contributed by atoms with Gasteiger partial charge in [-0.05, 0) is 30.0 Å². The lowest BCUT2D eigenvalue weighted by atomic mass is 10.3. The summed E-state index contributed by atoms with van der Waals surface area (Å²) in [4.78, 5) is 10.8. The van der Waals surface area contributed by atoms with Crippen molar-refractivity contribution in [2.24, 2.45) is 4.99 Å². The van der Waals surface area contributed by atoms with E-state index in [0.717, 1.165) is 69.5 Å². The second-order valence-corrected chi connectivity index (χ2v) is 8.00. The minimum atomic E-state index is 0. The molecule has 7 nitrogen and oxygen atoms in total. The van der Waals surface area contributed by atoms with Gasteiger partial charge in [-0.15, -0.1) is 45.5 Å². The Balaban J connectivity index is 0.00000240. The maximum absolute atomic E-state index is 4.48. The molecule has 1 aliphatic rings. The van der Waals surface area contributed by atoms with E-state index in [1.807, 2.05) is 42.8 Å². The summed E-state index contributed by atoms with van der Waals surface area (Å²) >= 11 is 1.84. The second-order valence-electron chi connectivity index (χ2n) is 6.97. The van der Waals surface area contributed by atoms with Crippen molar-refractivity contribution in [3.63, 3.8) is 0 Å². The Bertz CT molecular complexity index is 901. The van der Waals surface area contributed by atoms with Crippen LogP contribution >= 0.6 is 35.3 Å². The average Bonchev–Trinajstić information content (AvgIpc) is 3.39.